The Kier molecular flexibility index (Phi) is 5.76. The van der Waals surface area contributed by atoms with Crippen LogP contribution in [0.3, 0.4) is 0 Å². The van der Waals surface area contributed by atoms with Crippen LogP contribution in [0.2, 0.25) is 6.82 Å². The Bertz CT molecular complexity index is 343. The smallest absolute Gasteiger partial charge is 0.201 e. The van der Waals surface area contributed by atoms with Crippen molar-refractivity contribution in [2.45, 2.75) is 86.1 Å². The van der Waals surface area contributed by atoms with E-state index in [1.807, 2.05) is 27.7 Å². The molecule has 1 aliphatic carbocycles. The number of allylic oxidation sites excluding steroid dienone is 3. The van der Waals surface area contributed by atoms with Crippen molar-refractivity contribution in [3.05, 3.63) is 22.3 Å². The summed E-state index contributed by atoms with van der Waals surface area (Å²) in [6.07, 6.45) is 6.45. The molecule has 0 amide bonds. The van der Waals surface area contributed by atoms with Crippen molar-refractivity contribution in [3.63, 3.8) is 0 Å². The van der Waals surface area contributed by atoms with Gasteiger partial charge in [-0.1, -0.05) is 52.4 Å². The van der Waals surface area contributed by atoms with Crippen LogP contribution in [0.25, 0.3) is 0 Å². The van der Waals surface area contributed by atoms with Crippen LogP contribution in [0.1, 0.15) is 73.6 Å². The molecule has 2 fully saturated rings. The van der Waals surface area contributed by atoms with Crippen LogP contribution >= 0.6 is 0 Å². The lowest BCUT2D eigenvalue weighted by Crippen LogP contribution is -2.23. The predicted octanol–water partition coefficient (Wildman–Crippen LogP) is 5.58. The molecule has 108 valence electrons. The van der Waals surface area contributed by atoms with Crippen molar-refractivity contribution in [1.82, 2.24) is 0 Å². The first-order valence-corrected chi connectivity index (χ1v) is 8.23. The summed E-state index contributed by atoms with van der Waals surface area (Å²) >= 11 is 0. The Balaban J connectivity index is 0.000000415. The molecule has 2 heterocycles. The highest BCUT2D eigenvalue weighted by Crippen LogP contribution is 2.51. The molecule has 0 radical (unpaired) electrons. The topological polar surface area (TPSA) is 9.23 Å². The molecule has 2 heteroatoms. The summed E-state index contributed by atoms with van der Waals surface area (Å²) in [5.74, 6) is 1.27. The van der Waals surface area contributed by atoms with Crippen LogP contribution in [0.5, 0.6) is 0 Å². The van der Waals surface area contributed by atoms with E-state index in [0.29, 0.717) is 6.71 Å². The maximum absolute atomic E-state index is 6.31. The van der Waals surface area contributed by atoms with Gasteiger partial charge in [0, 0.05) is 6.42 Å². The van der Waals surface area contributed by atoms with Gasteiger partial charge >= 0.3 is 0 Å². The predicted molar refractivity (Wildman–Crippen MR) is 86.6 cm³/mol. The molecule has 0 aromatic rings. The van der Waals surface area contributed by atoms with Crippen LogP contribution in [-0.4, -0.2) is 12.3 Å². The average molecular weight is 262 g/mol. The second-order valence-corrected chi connectivity index (χ2v) is 5.56. The van der Waals surface area contributed by atoms with Gasteiger partial charge in [-0.2, -0.15) is 0 Å². The molecule has 0 aromatic heterocycles. The normalized spacial score (nSPS) is 22.8. The largest absolute Gasteiger partial charge is 0.488 e. The third-order valence-corrected chi connectivity index (χ3v) is 4.74. The molecule has 3 rings (SSSR count). The van der Waals surface area contributed by atoms with E-state index in [-0.39, 0.29) is 5.60 Å². The van der Waals surface area contributed by atoms with E-state index in [0.717, 1.165) is 0 Å². The summed E-state index contributed by atoms with van der Waals surface area (Å²) in [7, 11) is 0. The number of ether oxygens (including phenoxy) is 1. The molecule has 19 heavy (non-hydrogen) atoms. The molecule has 0 aromatic carbocycles. The summed E-state index contributed by atoms with van der Waals surface area (Å²) in [5, 5.41) is 0. The zero-order valence-corrected chi connectivity index (χ0v) is 14.0. The van der Waals surface area contributed by atoms with Crippen LogP contribution in [0, 0.1) is 0 Å². The van der Waals surface area contributed by atoms with Crippen molar-refractivity contribution in [1.29, 1.82) is 0 Å². The van der Waals surface area contributed by atoms with Crippen molar-refractivity contribution < 1.29 is 4.74 Å². The minimum Gasteiger partial charge on any atom is -0.488 e. The summed E-state index contributed by atoms with van der Waals surface area (Å²) in [5.41, 5.74) is 4.78. The number of fused-ring (bicyclic) bond motifs is 1. The van der Waals surface area contributed by atoms with Crippen LogP contribution in [-0.2, 0) is 4.74 Å². The van der Waals surface area contributed by atoms with Gasteiger partial charge in [0.1, 0.15) is 11.4 Å². The first kappa shape index (κ1) is 16.4. The zero-order valence-electron chi connectivity index (χ0n) is 14.0. The van der Waals surface area contributed by atoms with Gasteiger partial charge in [-0.15, -0.1) is 0 Å². The fourth-order valence-corrected chi connectivity index (χ4v) is 3.43. The van der Waals surface area contributed by atoms with Gasteiger partial charge in [-0.05, 0) is 38.2 Å². The highest BCUT2D eigenvalue weighted by atomic mass is 16.5. The Labute approximate surface area is 120 Å². The molecule has 1 saturated carbocycles. The highest BCUT2D eigenvalue weighted by Gasteiger charge is 2.47. The Hall–Kier alpha value is -0.655. The minimum absolute atomic E-state index is 0.216. The lowest BCUT2D eigenvalue weighted by molar-refractivity contribution is 0.0459. The van der Waals surface area contributed by atoms with E-state index in [4.69, 9.17) is 4.74 Å². The van der Waals surface area contributed by atoms with Crippen molar-refractivity contribution in [3.8, 4) is 0 Å². The SMILES string of the molecule is CB1C(C)=C2CC3(CCCC3)OC2=C1C.CC.CC. The van der Waals surface area contributed by atoms with Crippen LogP contribution < -0.4 is 0 Å². The summed E-state index contributed by atoms with van der Waals surface area (Å²) in [6.45, 7) is 15.4. The van der Waals surface area contributed by atoms with E-state index in [2.05, 4.69) is 20.7 Å². The van der Waals surface area contributed by atoms with E-state index < -0.39 is 0 Å². The quantitative estimate of drug-likeness (QED) is 0.518. The molecule has 0 unspecified atom stereocenters. The fourth-order valence-electron chi connectivity index (χ4n) is 3.43. The molecule has 0 atom stereocenters. The third kappa shape index (κ3) is 2.78. The fraction of sp³-hybridized carbons (Fsp3) is 0.765. The Morgan fingerprint density at radius 1 is 0.947 bits per heavy atom. The van der Waals surface area contributed by atoms with E-state index in [1.165, 1.54) is 43.3 Å². The molecule has 1 saturated heterocycles. The van der Waals surface area contributed by atoms with Gasteiger partial charge in [0.25, 0.3) is 0 Å². The number of hydrogen-bond donors (Lipinski definition) is 0. The zero-order chi connectivity index (χ0) is 14.6. The lowest BCUT2D eigenvalue weighted by Gasteiger charge is -2.23. The van der Waals surface area contributed by atoms with Gasteiger partial charge in [-0.25, -0.2) is 0 Å². The molecule has 0 bridgehead atoms. The van der Waals surface area contributed by atoms with Gasteiger partial charge < -0.3 is 4.74 Å². The van der Waals surface area contributed by atoms with Crippen LogP contribution in [0.4, 0.5) is 0 Å². The van der Waals surface area contributed by atoms with Crippen molar-refractivity contribution >= 4 is 6.71 Å². The molecule has 3 aliphatic rings. The molecular formula is C17H31BO. The number of rotatable bonds is 0. The van der Waals surface area contributed by atoms with E-state index >= 15 is 0 Å². The van der Waals surface area contributed by atoms with Gasteiger partial charge in [0.05, 0.1) is 0 Å². The Morgan fingerprint density at radius 2 is 1.47 bits per heavy atom. The molecular weight excluding hydrogens is 231 g/mol. The van der Waals surface area contributed by atoms with Crippen molar-refractivity contribution in [2.24, 2.45) is 0 Å². The van der Waals surface area contributed by atoms with Gasteiger partial charge in [-0.3, -0.25) is 0 Å². The van der Waals surface area contributed by atoms with Crippen molar-refractivity contribution in [2.75, 3.05) is 0 Å². The number of hydrogen-bond acceptors (Lipinski definition) is 1. The highest BCUT2D eigenvalue weighted by molar-refractivity contribution is 6.74. The second-order valence-electron chi connectivity index (χ2n) is 5.56. The maximum atomic E-state index is 6.31. The Morgan fingerprint density at radius 3 is 1.95 bits per heavy atom. The summed E-state index contributed by atoms with van der Waals surface area (Å²) < 4.78 is 6.31. The first-order chi connectivity index (χ1) is 9.13. The van der Waals surface area contributed by atoms with E-state index in [1.54, 1.807) is 11.0 Å². The lowest BCUT2D eigenvalue weighted by atomic mass is 9.44. The van der Waals surface area contributed by atoms with Gasteiger partial charge in [0.2, 0.25) is 6.71 Å². The molecule has 1 spiro atoms. The molecule has 2 aliphatic heterocycles. The first-order valence-electron chi connectivity index (χ1n) is 8.23. The summed E-state index contributed by atoms with van der Waals surface area (Å²) in [6, 6.07) is 0. The average Bonchev–Trinajstić information content (AvgIpc) is 3.13. The third-order valence-electron chi connectivity index (χ3n) is 4.74. The summed E-state index contributed by atoms with van der Waals surface area (Å²) in [4.78, 5) is 0. The molecule has 1 nitrogen and oxygen atoms in total. The molecule has 0 N–H and O–H groups in total. The van der Waals surface area contributed by atoms with Gasteiger partial charge in [0.15, 0.2) is 0 Å². The standard InChI is InChI=1S/C13H19BO.2C2H6/c1-9-11-8-13(6-4-5-7-13)15-12(11)10(2)14(9)3;2*1-2/h4-8H2,1-3H3;2*1-2H3. The van der Waals surface area contributed by atoms with Crippen LogP contribution in [0.15, 0.2) is 22.3 Å². The maximum Gasteiger partial charge on any atom is 0.201 e. The van der Waals surface area contributed by atoms with E-state index in [9.17, 15) is 0 Å². The minimum atomic E-state index is 0.216. The second kappa shape index (κ2) is 6.68. The monoisotopic (exact) mass is 262 g/mol.